The highest BCUT2D eigenvalue weighted by molar-refractivity contribution is 5.27. The fourth-order valence-electron chi connectivity index (χ4n) is 3.07. The minimum absolute atomic E-state index is 0.192. The Bertz CT molecular complexity index is 611. The molecule has 0 radical (unpaired) electrons. The molecule has 5 heteroatoms. The van der Waals surface area contributed by atoms with Gasteiger partial charge in [0.05, 0.1) is 5.69 Å². The normalized spacial score (nSPS) is 17.6. The fourth-order valence-corrected chi connectivity index (χ4v) is 3.07. The molecular formula is C17H21FN2O2. The summed E-state index contributed by atoms with van der Waals surface area (Å²) in [6.45, 7) is 5.95. The molecule has 1 aliphatic heterocycles. The number of nitrogens with zero attached hydrogens (tertiary/aromatic N) is 1. The largest absolute Gasteiger partial charge is 0.381 e. The third-order valence-electron chi connectivity index (χ3n) is 4.53. The van der Waals surface area contributed by atoms with Gasteiger partial charge in [-0.3, -0.25) is 0 Å². The van der Waals surface area contributed by atoms with E-state index in [9.17, 15) is 4.39 Å². The summed E-state index contributed by atoms with van der Waals surface area (Å²) in [6.07, 6.45) is 1.73. The van der Waals surface area contributed by atoms with Crippen molar-refractivity contribution in [1.29, 1.82) is 0 Å². The summed E-state index contributed by atoms with van der Waals surface area (Å²) in [5.41, 5.74) is 2.91. The maximum atomic E-state index is 13.2. The molecule has 2 heterocycles. The van der Waals surface area contributed by atoms with Gasteiger partial charge >= 0.3 is 0 Å². The van der Waals surface area contributed by atoms with Crippen molar-refractivity contribution < 1.29 is 13.7 Å². The number of halogens is 1. The maximum Gasteiger partial charge on any atom is 0.138 e. The molecule has 1 N–H and O–H groups in total. The summed E-state index contributed by atoms with van der Waals surface area (Å²) >= 11 is 0. The van der Waals surface area contributed by atoms with Gasteiger partial charge in [0, 0.05) is 30.9 Å². The standard InChI is InChI=1S/C17H21FN2O2/c1-12-16(13(2)22-20-12)11-19-17(7-9-21-10-8-17)14-3-5-15(18)6-4-14/h3-6,19H,7-11H2,1-2H3. The molecule has 2 aromatic rings. The first-order chi connectivity index (χ1) is 10.6. The van der Waals surface area contributed by atoms with E-state index in [1.165, 1.54) is 12.1 Å². The van der Waals surface area contributed by atoms with E-state index in [1.54, 1.807) is 0 Å². The van der Waals surface area contributed by atoms with Gasteiger partial charge in [-0.15, -0.1) is 0 Å². The second kappa shape index (κ2) is 6.18. The van der Waals surface area contributed by atoms with Gasteiger partial charge in [-0.05, 0) is 44.4 Å². The zero-order valence-corrected chi connectivity index (χ0v) is 13.0. The first-order valence-corrected chi connectivity index (χ1v) is 7.61. The van der Waals surface area contributed by atoms with Crippen LogP contribution in [0.3, 0.4) is 0 Å². The number of hydrogen-bond acceptors (Lipinski definition) is 4. The number of aryl methyl sites for hydroxylation is 2. The minimum atomic E-state index is -0.211. The van der Waals surface area contributed by atoms with Gasteiger partial charge in [0.2, 0.25) is 0 Å². The van der Waals surface area contributed by atoms with Crippen LogP contribution in [0.15, 0.2) is 28.8 Å². The Balaban J connectivity index is 1.85. The summed E-state index contributed by atoms with van der Waals surface area (Å²) < 4.78 is 24.0. The predicted molar refractivity (Wildman–Crippen MR) is 80.9 cm³/mol. The topological polar surface area (TPSA) is 47.3 Å². The van der Waals surface area contributed by atoms with Crippen molar-refractivity contribution in [3.63, 3.8) is 0 Å². The second-order valence-corrected chi connectivity index (χ2v) is 5.86. The molecule has 0 unspecified atom stereocenters. The fraction of sp³-hybridized carbons (Fsp3) is 0.471. The molecule has 0 atom stereocenters. The molecule has 1 aromatic carbocycles. The zero-order chi connectivity index (χ0) is 15.6. The molecule has 1 aliphatic rings. The molecule has 1 fully saturated rings. The van der Waals surface area contributed by atoms with Gasteiger partial charge in [0.15, 0.2) is 0 Å². The molecule has 0 aliphatic carbocycles. The number of hydrogen-bond donors (Lipinski definition) is 1. The Hall–Kier alpha value is -1.72. The Labute approximate surface area is 129 Å². The number of aromatic nitrogens is 1. The van der Waals surface area contributed by atoms with E-state index in [0.717, 1.165) is 35.4 Å². The van der Waals surface area contributed by atoms with Crippen LogP contribution in [0.25, 0.3) is 0 Å². The van der Waals surface area contributed by atoms with Crippen LogP contribution in [-0.2, 0) is 16.8 Å². The average molecular weight is 304 g/mol. The first-order valence-electron chi connectivity index (χ1n) is 7.61. The van der Waals surface area contributed by atoms with Crippen LogP contribution < -0.4 is 5.32 Å². The van der Waals surface area contributed by atoms with Gasteiger partial charge in [-0.25, -0.2) is 4.39 Å². The highest BCUT2D eigenvalue weighted by Crippen LogP contribution is 2.33. The number of benzene rings is 1. The van der Waals surface area contributed by atoms with Crippen LogP contribution in [0, 0.1) is 19.7 Å². The molecule has 3 rings (SSSR count). The summed E-state index contributed by atoms with van der Waals surface area (Å²) in [4.78, 5) is 0. The SMILES string of the molecule is Cc1noc(C)c1CNC1(c2ccc(F)cc2)CCOCC1. The van der Waals surface area contributed by atoms with E-state index >= 15 is 0 Å². The third kappa shape index (κ3) is 2.91. The number of nitrogens with one attached hydrogen (secondary N) is 1. The van der Waals surface area contributed by atoms with Crippen LogP contribution in [0.4, 0.5) is 4.39 Å². The van der Waals surface area contributed by atoms with Crippen molar-refractivity contribution in [2.75, 3.05) is 13.2 Å². The monoisotopic (exact) mass is 304 g/mol. The van der Waals surface area contributed by atoms with Gasteiger partial charge in [-0.1, -0.05) is 17.3 Å². The predicted octanol–water partition coefficient (Wildman–Crippen LogP) is 3.23. The van der Waals surface area contributed by atoms with Crippen LogP contribution in [-0.4, -0.2) is 18.4 Å². The van der Waals surface area contributed by atoms with Gasteiger partial charge in [-0.2, -0.15) is 0 Å². The van der Waals surface area contributed by atoms with Crippen LogP contribution >= 0.6 is 0 Å². The Kier molecular flexibility index (Phi) is 4.27. The quantitative estimate of drug-likeness (QED) is 0.942. The zero-order valence-electron chi connectivity index (χ0n) is 13.0. The molecule has 1 aromatic heterocycles. The summed E-state index contributed by atoms with van der Waals surface area (Å²) in [5.74, 6) is 0.628. The molecule has 0 bridgehead atoms. The Morgan fingerprint density at radius 1 is 1.18 bits per heavy atom. The second-order valence-electron chi connectivity index (χ2n) is 5.86. The van der Waals surface area contributed by atoms with E-state index < -0.39 is 0 Å². The first kappa shape index (κ1) is 15.2. The van der Waals surface area contributed by atoms with Crippen LogP contribution in [0.5, 0.6) is 0 Å². The van der Waals surface area contributed by atoms with E-state index in [1.807, 2.05) is 26.0 Å². The van der Waals surface area contributed by atoms with Crippen molar-refractivity contribution in [1.82, 2.24) is 10.5 Å². The van der Waals surface area contributed by atoms with Gasteiger partial charge in [0.25, 0.3) is 0 Å². The number of ether oxygens (including phenoxy) is 1. The summed E-state index contributed by atoms with van der Waals surface area (Å²) in [7, 11) is 0. The summed E-state index contributed by atoms with van der Waals surface area (Å²) in [6, 6.07) is 6.76. The Morgan fingerprint density at radius 3 is 2.45 bits per heavy atom. The lowest BCUT2D eigenvalue weighted by Gasteiger charge is -2.39. The van der Waals surface area contributed by atoms with Gasteiger partial charge < -0.3 is 14.6 Å². The van der Waals surface area contributed by atoms with E-state index in [4.69, 9.17) is 9.26 Å². The highest BCUT2D eigenvalue weighted by Gasteiger charge is 2.34. The molecule has 0 amide bonds. The molecular weight excluding hydrogens is 283 g/mol. The molecule has 0 spiro atoms. The minimum Gasteiger partial charge on any atom is -0.381 e. The third-order valence-corrected chi connectivity index (χ3v) is 4.53. The van der Waals surface area contributed by atoms with Crippen molar-refractivity contribution in [3.05, 3.63) is 52.7 Å². The molecule has 4 nitrogen and oxygen atoms in total. The smallest absolute Gasteiger partial charge is 0.138 e. The van der Waals surface area contributed by atoms with E-state index in [0.29, 0.717) is 19.8 Å². The molecule has 118 valence electrons. The number of rotatable bonds is 4. The van der Waals surface area contributed by atoms with Crippen LogP contribution in [0.1, 0.15) is 35.4 Å². The lowest BCUT2D eigenvalue weighted by Crippen LogP contribution is -2.46. The summed E-state index contributed by atoms with van der Waals surface area (Å²) in [5, 5.41) is 7.65. The van der Waals surface area contributed by atoms with E-state index in [2.05, 4.69) is 10.5 Å². The Morgan fingerprint density at radius 2 is 1.86 bits per heavy atom. The molecule has 1 saturated heterocycles. The van der Waals surface area contributed by atoms with Crippen molar-refractivity contribution in [2.24, 2.45) is 0 Å². The average Bonchev–Trinajstić information content (AvgIpc) is 2.85. The van der Waals surface area contributed by atoms with Crippen molar-refractivity contribution in [3.8, 4) is 0 Å². The van der Waals surface area contributed by atoms with Crippen molar-refractivity contribution >= 4 is 0 Å². The molecule has 0 saturated carbocycles. The molecule has 22 heavy (non-hydrogen) atoms. The highest BCUT2D eigenvalue weighted by atomic mass is 19.1. The van der Waals surface area contributed by atoms with E-state index in [-0.39, 0.29) is 11.4 Å². The van der Waals surface area contributed by atoms with Crippen LogP contribution in [0.2, 0.25) is 0 Å². The van der Waals surface area contributed by atoms with Crippen molar-refractivity contribution in [2.45, 2.75) is 38.8 Å². The lowest BCUT2D eigenvalue weighted by molar-refractivity contribution is 0.0357. The van der Waals surface area contributed by atoms with Gasteiger partial charge in [0.1, 0.15) is 11.6 Å². The maximum absolute atomic E-state index is 13.2. The lowest BCUT2D eigenvalue weighted by atomic mass is 9.82.